The molecule has 0 saturated carbocycles. The second kappa shape index (κ2) is 4.90. The molecule has 0 heterocycles. The average Bonchev–Trinajstić information content (AvgIpc) is 2.16. The molecule has 1 rings (SSSR count). The molecule has 0 aliphatic carbocycles. The molecule has 3 nitrogen and oxygen atoms in total. The molecule has 0 aromatic heterocycles. The minimum Gasteiger partial charge on any atom is -0.495 e. The fourth-order valence-corrected chi connectivity index (χ4v) is 1.58. The Morgan fingerprint density at radius 3 is 2.50 bits per heavy atom. The van der Waals surface area contributed by atoms with Gasteiger partial charge in [0.05, 0.1) is 17.7 Å². The van der Waals surface area contributed by atoms with Gasteiger partial charge >= 0.3 is 6.18 Å². The lowest BCUT2D eigenvalue weighted by Gasteiger charge is -2.14. The van der Waals surface area contributed by atoms with E-state index >= 15 is 0 Å². The van der Waals surface area contributed by atoms with Crippen molar-refractivity contribution in [1.82, 2.24) is 5.48 Å². The molecule has 1 aromatic carbocycles. The van der Waals surface area contributed by atoms with Crippen molar-refractivity contribution >= 4 is 11.6 Å². The first kappa shape index (κ1) is 13.1. The summed E-state index contributed by atoms with van der Waals surface area (Å²) in [4.78, 5) is 0. The Balaban J connectivity index is 3.28. The molecule has 7 heteroatoms. The van der Waals surface area contributed by atoms with Crippen molar-refractivity contribution in [3.05, 3.63) is 28.3 Å². The molecule has 0 spiro atoms. The number of benzene rings is 1. The van der Waals surface area contributed by atoms with Gasteiger partial charge in [0.25, 0.3) is 0 Å². The molecule has 0 aliphatic rings. The molecule has 1 aromatic rings. The zero-order valence-corrected chi connectivity index (χ0v) is 8.99. The van der Waals surface area contributed by atoms with Gasteiger partial charge in [0.15, 0.2) is 0 Å². The number of hydrogen-bond donors (Lipinski definition) is 2. The van der Waals surface area contributed by atoms with Crippen molar-refractivity contribution in [2.45, 2.75) is 12.7 Å². The van der Waals surface area contributed by atoms with Crippen LogP contribution in [0.5, 0.6) is 5.75 Å². The summed E-state index contributed by atoms with van der Waals surface area (Å²) < 4.78 is 42.2. The van der Waals surface area contributed by atoms with Crippen molar-refractivity contribution in [2.24, 2.45) is 0 Å². The minimum atomic E-state index is -4.49. The maximum atomic E-state index is 12.4. The van der Waals surface area contributed by atoms with Gasteiger partial charge in [0.2, 0.25) is 0 Å². The lowest BCUT2D eigenvalue weighted by Crippen LogP contribution is -2.11. The maximum absolute atomic E-state index is 12.4. The smallest absolute Gasteiger partial charge is 0.416 e. The molecule has 0 unspecified atom stereocenters. The zero-order valence-electron chi connectivity index (χ0n) is 8.23. The Labute approximate surface area is 94.7 Å². The van der Waals surface area contributed by atoms with Gasteiger partial charge in [-0.2, -0.15) is 13.2 Å². The van der Waals surface area contributed by atoms with Crippen LogP contribution in [0.25, 0.3) is 0 Å². The van der Waals surface area contributed by atoms with Crippen molar-refractivity contribution in [3.63, 3.8) is 0 Å². The van der Waals surface area contributed by atoms with E-state index in [-0.39, 0.29) is 22.9 Å². The van der Waals surface area contributed by atoms with Gasteiger partial charge < -0.3 is 9.94 Å². The van der Waals surface area contributed by atoms with E-state index in [0.717, 1.165) is 12.1 Å². The van der Waals surface area contributed by atoms with Crippen LogP contribution in [0.1, 0.15) is 11.1 Å². The molecule has 0 saturated heterocycles. The molecule has 0 atom stereocenters. The van der Waals surface area contributed by atoms with Crippen LogP contribution in [0.4, 0.5) is 13.2 Å². The van der Waals surface area contributed by atoms with Gasteiger partial charge in [-0.3, -0.25) is 0 Å². The van der Waals surface area contributed by atoms with E-state index in [2.05, 4.69) is 0 Å². The first-order valence-corrected chi connectivity index (χ1v) is 4.58. The van der Waals surface area contributed by atoms with E-state index in [1.165, 1.54) is 7.11 Å². The molecular formula is C9H9ClF3NO2. The molecule has 16 heavy (non-hydrogen) atoms. The van der Waals surface area contributed by atoms with E-state index in [4.69, 9.17) is 21.5 Å². The monoisotopic (exact) mass is 255 g/mol. The minimum absolute atomic E-state index is 0.108. The summed E-state index contributed by atoms with van der Waals surface area (Å²) in [6.45, 7) is -0.188. The first-order valence-electron chi connectivity index (χ1n) is 4.20. The van der Waals surface area contributed by atoms with Gasteiger partial charge in [0, 0.05) is 12.1 Å². The average molecular weight is 256 g/mol. The molecule has 0 fully saturated rings. The van der Waals surface area contributed by atoms with E-state index in [1.807, 2.05) is 0 Å². The van der Waals surface area contributed by atoms with Crippen LogP contribution in [0.15, 0.2) is 12.1 Å². The molecular weight excluding hydrogens is 247 g/mol. The van der Waals surface area contributed by atoms with E-state index < -0.39 is 11.7 Å². The molecule has 90 valence electrons. The number of ether oxygens (including phenoxy) is 1. The van der Waals surface area contributed by atoms with Crippen LogP contribution in [0, 0.1) is 0 Å². The summed E-state index contributed by atoms with van der Waals surface area (Å²) in [7, 11) is 1.29. The summed E-state index contributed by atoms with van der Waals surface area (Å²) >= 11 is 5.64. The van der Waals surface area contributed by atoms with Gasteiger partial charge in [-0.15, -0.1) is 0 Å². The normalized spacial score (nSPS) is 11.6. The topological polar surface area (TPSA) is 41.5 Å². The molecule has 0 amide bonds. The number of hydrogen-bond acceptors (Lipinski definition) is 3. The van der Waals surface area contributed by atoms with Gasteiger partial charge in [-0.05, 0) is 12.1 Å². The van der Waals surface area contributed by atoms with Crippen molar-refractivity contribution in [2.75, 3.05) is 7.11 Å². The number of rotatable bonds is 3. The first-order chi connectivity index (χ1) is 7.40. The van der Waals surface area contributed by atoms with E-state index in [9.17, 15) is 13.2 Å². The van der Waals surface area contributed by atoms with Crippen LogP contribution in [-0.4, -0.2) is 12.3 Å². The molecule has 0 aliphatic heterocycles. The third kappa shape index (κ3) is 2.78. The Hall–Kier alpha value is -0.980. The summed E-state index contributed by atoms with van der Waals surface area (Å²) in [5.74, 6) is 0.108. The Kier molecular flexibility index (Phi) is 4.01. The van der Waals surface area contributed by atoms with Crippen LogP contribution >= 0.6 is 11.6 Å². The summed E-state index contributed by atoms with van der Waals surface area (Å²) in [5.41, 5.74) is 1.00. The van der Waals surface area contributed by atoms with Crippen LogP contribution in [0.3, 0.4) is 0 Å². The fourth-order valence-electron chi connectivity index (χ4n) is 1.26. The Morgan fingerprint density at radius 2 is 2.06 bits per heavy atom. The third-order valence-electron chi connectivity index (χ3n) is 1.92. The third-order valence-corrected chi connectivity index (χ3v) is 2.20. The number of alkyl halides is 3. The number of hydroxylamine groups is 1. The predicted molar refractivity (Wildman–Crippen MR) is 51.6 cm³/mol. The highest BCUT2D eigenvalue weighted by molar-refractivity contribution is 6.32. The zero-order chi connectivity index (χ0) is 12.3. The second-order valence-corrected chi connectivity index (χ2v) is 3.39. The molecule has 0 radical (unpaired) electrons. The predicted octanol–water partition coefficient (Wildman–Crippen LogP) is 2.85. The van der Waals surface area contributed by atoms with Gasteiger partial charge in [-0.25, -0.2) is 5.48 Å². The maximum Gasteiger partial charge on any atom is 0.416 e. The fraction of sp³-hybridized carbons (Fsp3) is 0.333. The van der Waals surface area contributed by atoms with Crippen molar-refractivity contribution < 1.29 is 23.1 Å². The van der Waals surface area contributed by atoms with Crippen LogP contribution in [-0.2, 0) is 12.7 Å². The molecule has 2 N–H and O–H groups in total. The van der Waals surface area contributed by atoms with E-state index in [1.54, 1.807) is 5.48 Å². The van der Waals surface area contributed by atoms with E-state index in [0.29, 0.717) is 0 Å². The lowest BCUT2D eigenvalue weighted by molar-refractivity contribution is -0.137. The standard InChI is InChI=1S/C9H9ClF3NO2/c1-16-8-5(4-14-15)2-6(3-7(8)10)9(11,12)13/h2-3,14-15H,4H2,1H3. The van der Waals surface area contributed by atoms with Crippen LogP contribution in [0.2, 0.25) is 5.02 Å². The summed E-state index contributed by atoms with van der Waals surface area (Å²) in [6, 6.07) is 1.65. The highest BCUT2D eigenvalue weighted by Crippen LogP contribution is 2.37. The SMILES string of the molecule is COc1c(Cl)cc(C(F)(F)F)cc1CNO. The highest BCUT2D eigenvalue weighted by Gasteiger charge is 2.32. The number of methoxy groups -OCH3 is 1. The van der Waals surface area contributed by atoms with Gasteiger partial charge in [0.1, 0.15) is 5.75 Å². The molecule has 0 bridgehead atoms. The Morgan fingerprint density at radius 1 is 1.44 bits per heavy atom. The lowest BCUT2D eigenvalue weighted by atomic mass is 10.1. The largest absolute Gasteiger partial charge is 0.495 e. The highest BCUT2D eigenvalue weighted by atomic mass is 35.5. The van der Waals surface area contributed by atoms with Gasteiger partial charge in [-0.1, -0.05) is 11.6 Å². The second-order valence-electron chi connectivity index (χ2n) is 2.98. The van der Waals surface area contributed by atoms with Crippen LogP contribution < -0.4 is 10.2 Å². The Bertz CT molecular complexity index is 382. The number of halogens is 4. The quantitative estimate of drug-likeness (QED) is 0.816. The number of nitrogens with one attached hydrogen (secondary N) is 1. The van der Waals surface area contributed by atoms with Crippen molar-refractivity contribution in [1.29, 1.82) is 0 Å². The summed E-state index contributed by atoms with van der Waals surface area (Å²) in [6.07, 6.45) is -4.49. The van der Waals surface area contributed by atoms with Crippen molar-refractivity contribution in [3.8, 4) is 5.75 Å². The summed E-state index contributed by atoms with van der Waals surface area (Å²) in [5, 5.41) is 8.34.